The van der Waals surface area contributed by atoms with Crippen molar-refractivity contribution in [1.29, 1.82) is 0 Å². The summed E-state index contributed by atoms with van der Waals surface area (Å²) in [4.78, 5) is 2.44. The Labute approximate surface area is 74.7 Å². The molecule has 0 aromatic heterocycles. The van der Waals surface area contributed by atoms with Gasteiger partial charge in [0.15, 0.2) is 0 Å². The van der Waals surface area contributed by atoms with Crippen LogP contribution in [0.2, 0.25) is 0 Å². The first-order chi connectivity index (χ1) is 5.24. The average Bonchev–Trinajstić information content (AvgIpc) is 1.98. The number of hydrogen-bond donors (Lipinski definition) is 0. The summed E-state index contributed by atoms with van der Waals surface area (Å²) in [6.07, 6.45) is 3.89. The Morgan fingerprint density at radius 1 is 1.55 bits per heavy atom. The first-order valence-electron chi connectivity index (χ1n) is 4.50. The van der Waals surface area contributed by atoms with Crippen molar-refractivity contribution in [3.8, 4) is 0 Å². The van der Waals surface area contributed by atoms with Crippen LogP contribution >= 0.6 is 11.6 Å². The monoisotopic (exact) mass is 175 g/mol. The lowest BCUT2D eigenvalue weighted by Gasteiger charge is -2.34. The third kappa shape index (κ3) is 2.64. The van der Waals surface area contributed by atoms with E-state index >= 15 is 0 Å². The average molecular weight is 176 g/mol. The molecule has 1 heterocycles. The van der Waals surface area contributed by atoms with E-state index in [1.165, 1.54) is 25.8 Å². The highest BCUT2D eigenvalue weighted by Gasteiger charge is 2.21. The number of halogens is 1. The third-order valence-corrected chi connectivity index (χ3v) is 3.05. The molecule has 1 fully saturated rings. The van der Waals surface area contributed by atoms with Gasteiger partial charge >= 0.3 is 0 Å². The molecular weight excluding hydrogens is 158 g/mol. The molecule has 0 bridgehead atoms. The summed E-state index contributed by atoms with van der Waals surface area (Å²) in [5, 5.41) is 0. The second-order valence-electron chi connectivity index (χ2n) is 3.70. The first kappa shape index (κ1) is 9.34. The van der Waals surface area contributed by atoms with Gasteiger partial charge in [-0.25, -0.2) is 0 Å². The van der Waals surface area contributed by atoms with Gasteiger partial charge in [0.1, 0.15) is 0 Å². The molecular formula is C9H18ClN. The number of alkyl halides is 1. The van der Waals surface area contributed by atoms with Crippen molar-refractivity contribution in [2.45, 2.75) is 32.2 Å². The molecule has 0 saturated carbocycles. The fourth-order valence-electron chi connectivity index (χ4n) is 1.80. The van der Waals surface area contributed by atoms with E-state index in [1.54, 1.807) is 0 Å². The van der Waals surface area contributed by atoms with Crippen LogP contribution in [0, 0.1) is 5.92 Å². The summed E-state index contributed by atoms with van der Waals surface area (Å²) in [6.45, 7) is 3.56. The summed E-state index contributed by atoms with van der Waals surface area (Å²) in [5.41, 5.74) is 0. The Kier molecular flexibility index (Phi) is 3.67. The van der Waals surface area contributed by atoms with Gasteiger partial charge in [-0.15, -0.1) is 11.6 Å². The predicted molar refractivity (Wildman–Crippen MR) is 50.2 cm³/mol. The zero-order valence-corrected chi connectivity index (χ0v) is 8.27. The van der Waals surface area contributed by atoms with Gasteiger partial charge in [-0.1, -0.05) is 0 Å². The standard InChI is InChI=1S/C9H18ClN/c1-8-7-9(3-5-10)4-6-11(8)2/h8-9H,3-7H2,1-2H3. The molecule has 0 amide bonds. The van der Waals surface area contributed by atoms with E-state index in [1.807, 2.05) is 0 Å². The number of piperidine rings is 1. The Balaban J connectivity index is 2.28. The summed E-state index contributed by atoms with van der Waals surface area (Å²) in [7, 11) is 2.21. The van der Waals surface area contributed by atoms with Crippen molar-refractivity contribution in [3.63, 3.8) is 0 Å². The molecule has 1 rings (SSSR count). The fourth-order valence-corrected chi connectivity index (χ4v) is 2.11. The lowest BCUT2D eigenvalue weighted by atomic mass is 9.90. The van der Waals surface area contributed by atoms with Crippen LogP contribution in [-0.4, -0.2) is 30.4 Å². The minimum absolute atomic E-state index is 0.761. The molecule has 11 heavy (non-hydrogen) atoms. The highest BCUT2D eigenvalue weighted by Crippen LogP contribution is 2.24. The van der Waals surface area contributed by atoms with Crippen molar-refractivity contribution >= 4 is 11.6 Å². The zero-order valence-electron chi connectivity index (χ0n) is 7.52. The third-order valence-electron chi connectivity index (χ3n) is 2.83. The van der Waals surface area contributed by atoms with Gasteiger partial charge in [0.25, 0.3) is 0 Å². The Hall–Kier alpha value is 0.250. The van der Waals surface area contributed by atoms with Crippen molar-refractivity contribution in [2.24, 2.45) is 5.92 Å². The summed E-state index contributed by atoms with van der Waals surface area (Å²) < 4.78 is 0. The number of nitrogens with zero attached hydrogens (tertiary/aromatic N) is 1. The molecule has 0 radical (unpaired) electrons. The van der Waals surface area contributed by atoms with E-state index in [0.29, 0.717) is 0 Å². The van der Waals surface area contributed by atoms with Crippen molar-refractivity contribution < 1.29 is 0 Å². The summed E-state index contributed by atoms with van der Waals surface area (Å²) in [6, 6.07) is 0.761. The second kappa shape index (κ2) is 4.32. The molecule has 66 valence electrons. The van der Waals surface area contributed by atoms with Crippen LogP contribution in [-0.2, 0) is 0 Å². The molecule has 0 aromatic carbocycles. The van der Waals surface area contributed by atoms with Crippen LogP contribution in [0.15, 0.2) is 0 Å². The maximum absolute atomic E-state index is 5.71. The smallest absolute Gasteiger partial charge is 0.0226 e. The quantitative estimate of drug-likeness (QED) is 0.583. The molecule has 1 aliphatic heterocycles. The minimum atomic E-state index is 0.761. The van der Waals surface area contributed by atoms with Crippen molar-refractivity contribution in [2.75, 3.05) is 19.5 Å². The van der Waals surface area contributed by atoms with Crippen LogP contribution in [0.25, 0.3) is 0 Å². The Morgan fingerprint density at radius 3 is 2.82 bits per heavy atom. The SMILES string of the molecule is CC1CC(CCCl)CCN1C. The molecule has 1 aliphatic rings. The molecule has 2 heteroatoms. The minimum Gasteiger partial charge on any atom is -0.304 e. The number of rotatable bonds is 2. The van der Waals surface area contributed by atoms with Gasteiger partial charge in [0.05, 0.1) is 0 Å². The molecule has 0 N–H and O–H groups in total. The number of hydrogen-bond acceptors (Lipinski definition) is 1. The highest BCUT2D eigenvalue weighted by atomic mass is 35.5. The largest absolute Gasteiger partial charge is 0.304 e. The maximum atomic E-state index is 5.71. The Bertz CT molecular complexity index is 116. The lowest BCUT2D eigenvalue weighted by Crippen LogP contribution is -2.37. The highest BCUT2D eigenvalue weighted by molar-refractivity contribution is 6.17. The van der Waals surface area contributed by atoms with Crippen LogP contribution in [0.1, 0.15) is 26.2 Å². The fraction of sp³-hybridized carbons (Fsp3) is 1.00. The van der Waals surface area contributed by atoms with Crippen LogP contribution in [0.5, 0.6) is 0 Å². The molecule has 1 saturated heterocycles. The Morgan fingerprint density at radius 2 is 2.27 bits per heavy atom. The number of likely N-dealkylation sites (tertiary alicyclic amines) is 1. The molecule has 1 nitrogen and oxygen atoms in total. The van der Waals surface area contributed by atoms with Gasteiger partial charge in [-0.05, 0) is 45.7 Å². The van der Waals surface area contributed by atoms with Crippen LogP contribution in [0.3, 0.4) is 0 Å². The van der Waals surface area contributed by atoms with Gasteiger partial charge < -0.3 is 4.90 Å². The van der Waals surface area contributed by atoms with E-state index < -0.39 is 0 Å². The topological polar surface area (TPSA) is 3.24 Å². The van der Waals surface area contributed by atoms with E-state index in [2.05, 4.69) is 18.9 Å². The van der Waals surface area contributed by atoms with Crippen molar-refractivity contribution in [1.82, 2.24) is 4.90 Å². The van der Waals surface area contributed by atoms with Crippen molar-refractivity contribution in [3.05, 3.63) is 0 Å². The van der Waals surface area contributed by atoms with Gasteiger partial charge in [-0.3, -0.25) is 0 Å². The van der Waals surface area contributed by atoms with E-state index in [4.69, 9.17) is 11.6 Å². The second-order valence-corrected chi connectivity index (χ2v) is 4.08. The van der Waals surface area contributed by atoms with E-state index in [9.17, 15) is 0 Å². The van der Waals surface area contributed by atoms with E-state index in [0.717, 1.165) is 17.8 Å². The maximum Gasteiger partial charge on any atom is 0.0226 e. The molecule has 0 aliphatic carbocycles. The molecule has 0 spiro atoms. The van der Waals surface area contributed by atoms with Crippen LogP contribution in [0.4, 0.5) is 0 Å². The van der Waals surface area contributed by atoms with Gasteiger partial charge in [0.2, 0.25) is 0 Å². The molecule has 0 aromatic rings. The normalized spacial score (nSPS) is 34.1. The molecule has 2 atom stereocenters. The lowest BCUT2D eigenvalue weighted by molar-refractivity contribution is 0.152. The summed E-state index contributed by atoms with van der Waals surface area (Å²) in [5.74, 6) is 1.72. The van der Waals surface area contributed by atoms with E-state index in [-0.39, 0.29) is 0 Å². The first-order valence-corrected chi connectivity index (χ1v) is 5.03. The van der Waals surface area contributed by atoms with Gasteiger partial charge in [0, 0.05) is 11.9 Å². The molecule has 2 unspecified atom stereocenters. The predicted octanol–water partition coefficient (Wildman–Crippen LogP) is 2.35. The summed E-state index contributed by atoms with van der Waals surface area (Å²) >= 11 is 5.71. The van der Waals surface area contributed by atoms with Gasteiger partial charge in [-0.2, -0.15) is 0 Å². The zero-order chi connectivity index (χ0) is 8.27. The van der Waals surface area contributed by atoms with Crippen LogP contribution < -0.4 is 0 Å².